The molecule has 3 heteroatoms. The number of hydrogen-bond donors (Lipinski definition) is 1. The number of aryl methyl sites for hydroxylation is 1. The molecule has 1 aromatic rings. The first kappa shape index (κ1) is 14.0. The summed E-state index contributed by atoms with van der Waals surface area (Å²) in [6.07, 6.45) is 5.40. The third kappa shape index (κ3) is 3.34. The monoisotopic (exact) mass is 266 g/mol. The molecule has 1 aliphatic carbocycles. The van der Waals surface area contributed by atoms with Gasteiger partial charge in [0.05, 0.1) is 0 Å². The summed E-state index contributed by atoms with van der Waals surface area (Å²) in [6.45, 7) is 7.56. The lowest BCUT2D eigenvalue weighted by Crippen LogP contribution is -2.44. The molecule has 1 aliphatic rings. The number of hydrogen-bond acceptors (Lipinski definition) is 3. The molecule has 0 amide bonds. The summed E-state index contributed by atoms with van der Waals surface area (Å²) in [5.41, 5.74) is 5.96. The first-order valence-corrected chi connectivity index (χ1v) is 8.05. The van der Waals surface area contributed by atoms with Crippen molar-refractivity contribution in [3.05, 3.63) is 21.9 Å². The van der Waals surface area contributed by atoms with E-state index in [-0.39, 0.29) is 0 Å². The van der Waals surface area contributed by atoms with Crippen molar-refractivity contribution in [3.8, 4) is 0 Å². The summed E-state index contributed by atoms with van der Waals surface area (Å²) >= 11 is 1.93. The fourth-order valence-corrected chi connectivity index (χ4v) is 4.09. The second-order valence-electron chi connectivity index (χ2n) is 5.42. The summed E-state index contributed by atoms with van der Waals surface area (Å²) in [5, 5.41) is 0. The van der Waals surface area contributed by atoms with Gasteiger partial charge in [0.2, 0.25) is 0 Å². The fraction of sp³-hybridized carbons (Fsp3) is 0.733. The highest BCUT2D eigenvalue weighted by molar-refractivity contribution is 7.11. The maximum atomic E-state index is 5.96. The van der Waals surface area contributed by atoms with Crippen LogP contribution in [0.5, 0.6) is 0 Å². The van der Waals surface area contributed by atoms with Crippen LogP contribution in [0.3, 0.4) is 0 Å². The van der Waals surface area contributed by atoms with Gasteiger partial charge in [-0.25, -0.2) is 0 Å². The van der Waals surface area contributed by atoms with Crippen molar-refractivity contribution < 1.29 is 0 Å². The predicted molar refractivity (Wildman–Crippen MR) is 79.9 cm³/mol. The molecular weight excluding hydrogens is 240 g/mol. The molecule has 0 aromatic carbocycles. The normalized spacial score (nSPS) is 24.7. The lowest BCUT2D eigenvalue weighted by Gasteiger charge is -2.39. The van der Waals surface area contributed by atoms with Gasteiger partial charge in [0.1, 0.15) is 0 Å². The molecule has 1 fully saturated rings. The highest BCUT2D eigenvalue weighted by Crippen LogP contribution is 2.29. The summed E-state index contributed by atoms with van der Waals surface area (Å²) < 4.78 is 0. The Balaban J connectivity index is 2.02. The minimum Gasteiger partial charge on any atom is -0.330 e. The summed E-state index contributed by atoms with van der Waals surface area (Å²) in [5.74, 6) is 0.708. The number of nitrogens with zero attached hydrogens (tertiary/aromatic N) is 1. The van der Waals surface area contributed by atoms with E-state index < -0.39 is 0 Å². The number of nitrogens with two attached hydrogens (primary N) is 1. The molecule has 1 aromatic heterocycles. The molecule has 0 radical (unpaired) electrons. The molecule has 1 saturated carbocycles. The van der Waals surface area contributed by atoms with Crippen molar-refractivity contribution >= 4 is 11.3 Å². The van der Waals surface area contributed by atoms with Crippen LogP contribution in [0.15, 0.2) is 12.1 Å². The third-order valence-electron chi connectivity index (χ3n) is 4.20. The van der Waals surface area contributed by atoms with Crippen LogP contribution in [-0.2, 0) is 6.54 Å². The summed E-state index contributed by atoms with van der Waals surface area (Å²) in [4.78, 5) is 5.55. The van der Waals surface area contributed by atoms with Gasteiger partial charge in [0, 0.05) is 22.3 Å². The van der Waals surface area contributed by atoms with Crippen molar-refractivity contribution in [1.29, 1.82) is 0 Å². The van der Waals surface area contributed by atoms with Gasteiger partial charge < -0.3 is 5.73 Å². The van der Waals surface area contributed by atoms with Crippen LogP contribution in [0.2, 0.25) is 0 Å². The van der Waals surface area contributed by atoms with E-state index in [1.165, 1.54) is 35.4 Å². The van der Waals surface area contributed by atoms with Crippen LogP contribution in [0.4, 0.5) is 0 Å². The Kier molecular flexibility index (Phi) is 5.22. The molecule has 2 unspecified atom stereocenters. The van der Waals surface area contributed by atoms with Crippen molar-refractivity contribution in [2.75, 3.05) is 13.1 Å². The molecule has 18 heavy (non-hydrogen) atoms. The average Bonchev–Trinajstić information content (AvgIpc) is 2.81. The van der Waals surface area contributed by atoms with Crippen LogP contribution in [0.25, 0.3) is 0 Å². The van der Waals surface area contributed by atoms with Gasteiger partial charge in [0.15, 0.2) is 0 Å². The largest absolute Gasteiger partial charge is 0.330 e. The maximum Gasteiger partial charge on any atom is 0.0330 e. The standard InChI is InChI=1S/C15H26N2S/c1-3-17(11-14-9-8-12(2)18-14)15-7-5-4-6-13(15)10-16/h8-9,13,15H,3-7,10-11,16H2,1-2H3. The van der Waals surface area contributed by atoms with Crippen LogP contribution in [0, 0.1) is 12.8 Å². The zero-order valence-corrected chi connectivity index (χ0v) is 12.5. The number of thiophene rings is 1. The van der Waals surface area contributed by atoms with Crippen LogP contribution < -0.4 is 5.73 Å². The Morgan fingerprint density at radius 2 is 2.11 bits per heavy atom. The minimum absolute atomic E-state index is 0.705. The SMILES string of the molecule is CCN(Cc1ccc(C)s1)C1CCCCC1CN. The molecule has 2 rings (SSSR count). The molecule has 0 spiro atoms. The van der Waals surface area contributed by atoms with Crippen molar-refractivity contribution in [2.45, 2.75) is 52.1 Å². The molecule has 2 atom stereocenters. The first-order chi connectivity index (χ1) is 8.74. The van der Waals surface area contributed by atoms with Gasteiger partial charge in [0.25, 0.3) is 0 Å². The molecule has 0 bridgehead atoms. The van der Waals surface area contributed by atoms with E-state index in [2.05, 4.69) is 30.9 Å². The Morgan fingerprint density at radius 3 is 2.72 bits per heavy atom. The maximum absolute atomic E-state index is 5.96. The predicted octanol–water partition coefficient (Wildman–Crippen LogP) is 3.40. The molecule has 102 valence electrons. The van der Waals surface area contributed by atoms with E-state index in [4.69, 9.17) is 5.73 Å². The van der Waals surface area contributed by atoms with Crippen LogP contribution in [-0.4, -0.2) is 24.0 Å². The topological polar surface area (TPSA) is 29.3 Å². The fourth-order valence-electron chi connectivity index (χ4n) is 3.18. The van der Waals surface area contributed by atoms with Gasteiger partial charge in [-0.05, 0) is 50.9 Å². The lowest BCUT2D eigenvalue weighted by atomic mass is 9.83. The molecule has 2 N–H and O–H groups in total. The van der Waals surface area contributed by atoms with Gasteiger partial charge in [-0.3, -0.25) is 4.90 Å². The number of rotatable bonds is 5. The highest BCUT2D eigenvalue weighted by atomic mass is 32.1. The average molecular weight is 266 g/mol. The van der Waals surface area contributed by atoms with E-state index in [0.29, 0.717) is 12.0 Å². The second kappa shape index (κ2) is 6.69. The second-order valence-corrected chi connectivity index (χ2v) is 6.80. The third-order valence-corrected chi connectivity index (χ3v) is 5.19. The van der Waals surface area contributed by atoms with E-state index in [9.17, 15) is 0 Å². The summed E-state index contributed by atoms with van der Waals surface area (Å²) in [7, 11) is 0. The summed E-state index contributed by atoms with van der Waals surface area (Å²) in [6, 6.07) is 5.22. The van der Waals surface area contributed by atoms with Gasteiger partial charge in [-0.1, -0.05) is 19.8 Å². The Bertz CT molecular complexity index is 361. The molecule has 0 saturated heterocycles. The van der Waals surface area contributed by atoms with Crippen LogP contribution >= 0.6 is 11.3 Å². The zero-order valence-electron chi connectivity index (χ0n) is 11.7. The Morgan fingerprint density at radius 1 is 1.33 bits per heavy atom. The molecule has 0 aliphatic heterocycles. The van der Waals surface area contributed by atoms with E-state index in [1.807, 2.05) is 11.3 Å². The van der Waals surface area contributed by atoms with Crippen molar-refractivity contribution in [1.82, 2.24) is 4.90 Å². The molecule has 2 nitrogen and oxygen atoms in total. The Labute approximate surface area is 115 Å². The van der Waals surface area contributed by atoms with E-state index in [0.717, 1.165) is 19.6 Å². The zero-order chi connectivity index (χ0) is 13.0. The smallest absolute Gasteiger partial charge is 0.0330 e. The van der Waals surface area contributed by atoms with Gasteiger partial charge >= 0.3 is 0 Å². The Hall–Kier alpha value is -0.380. The molecular formula is C15H26N2S. The molecule has 1 heterocycles. The van der Waals surface area contributed by atoms with Gasteiger partial charge in [-0.15, -0.1) is 11.3 Å². The van der Waals surface area contributed by atoms with E-state index in [1.54, 1.807) is 0 Å². The minimum atomic E-state index is 0.705. The van der Waals surface area contributed by atoms with E-state index >= 15 is 0 Å². The van der Waals surface area contributed by atoms with Gasteiger partial charge in [-0.2, -0.15) is 0 Å². The van der Waals surface area contributed by atoms with Crippen LogP contribution in [0.1, 0.15) is 42.4 Å². The first-order valence-electron chi connectivity index (χ1n) is 7.24. The van der Waals surface area contributed by atoms with Crippen molar-refractivity contribution in [3.63, 3.8) is 0 Å². The lowest BCUT2D eigenvalue weighted by molar-refractivity contribution is 0.106. The van der Waals surface area contributed by atoms with Crippen molar-refractivity contribution in [2.24, 2.45) is 11.7 Å². The quantitative estimate of drug-likeness (QED) is 0.885. The highest BCUT2D eigenvalue weighted by Gasteiger charge is 2.28.